The van der Waals surface area contributed by atoms with Crippen LogP contribution in [0.5, 0.6) is 0 Å². The number of aliphatic hydroxyl groups excluding tert-OH is 2. The van der Waals surface area contributed by atoms with Crippen LogP contribution >= 0.6 is 0 Å². The third kappa shape index (κ3) is 4.18. The van der Waals surface area contributed by atoms with Gasteiger partial charge in [0.15, 0.2) is 12.0 Å². The van der Waals surface area contributed by atoms with E-state index >= 15 is 0 Å². The molecule has 0 saturated carbocycles. The van der Waals surface area contributed by atoms with Crippen LogP contribution in [0.4, 0.5) is 11.4 Å². The van der Waals surface area contributed by atoms with E-state index in [4.69, 9.17) is 0 Å². The second-order valence-electron chi connectivity index (χ2n) is 3.94. The van der Waals surface area contributed by atoms with Crippen molar-refractivity contribution in [3.05, 3.63) is 36.7 Å². The van der Waals surface area contributed by atoms with E-state index in [2.05, 4.69) is 16.6 Å². The summed E-state index contributed by atoms with van der Waals surface area (Å²) in [5.74, 6) is -0.734. The first kappa shape index (κ1) is 14.8. The molecule has 0 unspecified atom stereocenters. The largest absolute Gasteiger partial charge is 0.495 e. The number of benzene rings is 1. The number of nitrogens with one attached hydrogen (secondary N) is 1. The lowest BCUT2D eigenvalue weighted by atomic mass is 10.2. The summed E-state index contributed by atoms with van der Waals surface area (Å²) in [5, 5.41) is 21.5. The van der Waals surface area contributed by atoms with Gasteiger partial charge in [-0.1, -0.05) is 0 Å². The van der Waals surface area contributed by atoms with E-state index in [1.165, 1.54) is 12.0 Å². The van der Waals surface area contributed by atoms with Gasteiger partial charge in [0.1, 0.15) is 0 Å². The molecule has 1 aromatic rings. The number of anilines is 2. The fourth-order valence-corrected chi connectivity index (χ4v) is 1.39. The number of esters is 1. The van der Waals surface area contributed by atoms with Gasteiger partial charge in [-0.3, -0.25) is 0 Å². The van der Waals surface area contributed by atoms with E-state index in [0.29, 0.717) is 0 Å². The van der Waals surface area contributed by atoms with Crippen molar-refractivity contribution in [1.29, 1.82) is 0 Å². The molecule has 6 heteroatoms. The summed E-state index contributed by atoms with van der Waals surface area (Å²) in [6, 6.07) is 7.07. The Balaban J connectivity index is 2.58. The molecule has 0 amide bonds. The molecule has 1 atom stereocenters. The standard InChI is InChI=1S/C13H18N2O4/c1-9(16)15(2)11-6-4-10(5-7-11)14-8-12(17)13(18)19-3/h4-7,12,14,16-17H,1,8H2,2-3H3/t12-/m1/s1. The molecule has 1 rings (SSSR count). The van der Waals surface area contributed by atoms with Crippen LogP contribution in [-0.4, -0.2) is 43.0 Å². The molecule has 0 aliphatic rings. The number of carbonyl (C=O) groups excluding carboxylic acids is 1. The van der Waals surface area contributed by atoms with Crippen molar-refractivity contribution in [3.8, 4) is 0 Å². The van der Waals surface area contributed by atoms with Crippen LogP contribution < -0.4 is 10.2 Å². The van der Waals surface area contributed by atoms with E-state index in [-0.39, 0.29) is 12.4 Å². The zero-order chi connectivity index (χ0) is 14.4. The predicted octanol–water partition coefficient (Wildman–Crippen LogP) is 1.10. The van der Waals surface area contributed by atoms with Gasteiger partial charge in [0.25, 0.3) is 0 Å². The highest BCUT2D eigenvalue weighted by atomic mass is 16.5. The molecule has 0 aliphatic heterocycles. The van der Waals surface area contributed by atoms with Gasteiger partial charge in [-0.05, 0) is 30.8 Å². The van der Waals surface area contributed by atoms with Gasteiger partial charge < -0.3 is 25.2 Å². The third-order valence-corrected chi connectivity index (χ3v) is 2.61. The number of carbonyl (C=O) groups is 1. The van der Waals surface area contributed by atoms with Crippen molar-refractivity contribution in [2.45, 2.75) is 6.10 Å². The predicted molar refractivity (Wildman–Crippen MR) is 73.1 cm³/mol. The first-order valence-corrected chi connectivity index (χ1v) is 5.67. The van der Waals surface area contributed by atoms with Gasteiger partial charge >= 0.3 is 5.97 Å². The monoisotopic (exact) mass is 266 g/mol. The lowest BCUT2D eigenvalue weighted by Crippen LogP contribution is -2.29. The average Bonchev–Trinajstić information content (AvgIpc) is 2.43. The highest BCUT2D eigenvalue weighted by Crippen LogP contribution is 2.18. The number of ether oxygens (including phenoxy) is 1. The smallest absolute Gasteiger partial charge is 0.336 e. The summed E-state index contributed by atoms with van der Waals surface area (Å²) in [4.78, 5) is 12.5. The molecule has 0 bridgehead atoms. The average molecular weight is 266 g/mol. The van der Waals surface area contributed by atoms with E-state index in [1.807, 2.05) is 0 Å². The molecule has 0 radical (unpaired) electrons. The van der Waals surface area contributed by atoms with Crippen LogP contribution in [0, 0.1) is 0 Å². The van der Waals surface area contributed by atoms with Gasteiger partial charge in [-0.2, -0.15) is 0 Å². The zero-order valence-corrected chi connectivity index (χ0v) is 11.0. The minimum atomic E-state index is -1.20. The summed E-state index contributed by atoms with van der Waals surface area (Å²) in [6.07, 6.45) is -1.20. The Morgan fingerprint density at radius 1 is 1.47 bits per heavy atom. The summed E-state index contributed by atoms with van der Waals surface area (Å²) < 4.78 is 4.40. The number of rotatable bonds is 6. The van der Waals surface area contributed by atoms with Crippen LogP contribution in [0.3, 0.4) is 0 Å². The zero-order valence-electron chi connectivity index (χ0n) is 11.0. The van der Waals surface area contributed by atoms with Crippen molar-refractivity contribution in [2.24, 2.45) is 0 Å². The molecule has 0 aliphatic carbocycles. The molecule has 0 heterocycles. The molecular formula is C13H18N2O4. The number of nitrogens with zero attached hydrogens (tertiary/aromatic N) is 1. The quantitative estimate of drug-likeness (QED) is 0.528. The summed E-state index contributed by atoms with van der Waals surface area (Å²) in [7, 11) is 2.91. The normalized spacial score (nSPS) is 11.5. The van der Waals surface area contributed by atoms with E-state index in [0.717, 1.165) is 11.4 Å². The number of hydrogen-bond acceptors (Lipinski definition) is 6. The Labute approximate surface area is 111 Å². The highest BCUT2D eigenvalue weighted by molar-refractivity contribution is 5.75. The van der Waals surface area contributed by atoms with Crippen LogP contribution in [0.2, 0.25) is 0 Å². The first-order valence-electron chi connectivity index (χ1n) is 5.67. The minimum Gasteiger partial charge on any atom is -0.495 e. The molecule has 1 aromatic carbocycles. The lowest BCUT2D eigenvalue weighted by Gasteiger charge is -2.17. The maximum absolute atomic E-state index is 11.0. The number of aliphatic hydroxyl groups is 2. The van der Waals surface area contributed by atoms with Crippen molar-refractivity contribution < 1.29 is 19.7 Å². The Morgan fingerprint density at radius 3 is 2.53 bits per heavy atom. The number of methoxy groups -OCH3 is 1. The van der Waals surface area contributed by atoms with Crippen LogP contribution in [0.1, 0.15) is 0 Å². The highest BCUT2D eigenvalue weighted by Gasteiger charge is 2.14. The molecule has 104 valence electrons. The fourth-order valence-electron chi connectivity index (χ4n) is 1.39. The molecular weight excluding hydrogens is 248 g/mol. The van der Waals surface area contributed by atoms with Gasteiger partial charge in [0.2, 0.25) is 0 Å². The Morgan fingerprint density at radius 2 is 2.05 bits per heavy atom. The molecule has 0 aromatic heterocycles. The Kier molecular flexibility index (Phi) is 5.20. The summed E-state index contributed by atoms with van der Waals surface area (Å²) >= 11 is 0. The van der Waals surface area contributed by atoms with Crippen molar-refractivity contribution in [1.82, 2.24) is 0 Å². The molecule has 0 spiro atoms. The lowest BCUT2D eigenvalue weighted by molar-refractivity contribution is -0.149. The summed E-state index contributed by atoms with van der Waals surface area (Å²) in [5.41, 5.74) is 1.51. The van der Waals surface area contributed by atoms with Crippen molar-refractivity contribution >= 4 is 17.3 Å². The van der Waals surface area contributed by atoms with Gasteiger partial charge in [-0.25, -0.2) is 4.79 Å². The fraction of sp³-hybridized carbons (Fsp3) is 0.308. The maximum atomic E-state index is 11.0. The second kappa shape index (κ2) is 6.65. The van der Waals surface area contributed by atoms with Crippen LogP contribution in [-0.2, 0) is 9.53 Å². The molecule has 6 nitrogen and oxygen atoms in total. The molecule has 19 heavy (non-hydrogen) atoms. The summed E-state index contributed by atoms with van der Waals surface area (Å²) in [6.45, 7) is 3.49. The van der Waals surface area contributed by atoms with E-state index < -0.39 is 12.1 Å². The van der Waals surface area contributed by atoms with Gasteiger partial charge in [0.05, 0.1) is 13.7 Å². The molecule has 0 fully saturated rings. The number of hydrogen-bond donors (Lipinski definition) is 3. The SMILES string of the molecule is C=C(O)N(C)c1ccc(NC[C@@H](O)C(=O)OC)cc1. The van der Waals surface area contributed by atoms with Gasteiger partial charge in [0, 0.05) is 18.4 Å². The molecule has 0 saturated heterocycles. The first-order chi connectivity index (χ1) is 8.95. The Bertz CT molecular complexity index is 444. The van der Waals surface area contributed by atoms with E-state index in [1.54, 1.807) is 31.3 Å². The van der Waals surface area contributed by atoms with Crippen molar-refractivity contribution in [3.63, 3.8) is 0 Å². The topological polar surface area (TPSA) is 82.0 Å². The van der Waals surface area contributed by atoms with Gasteiger partial charge in [-0.15, -0.1) is 0 Å². The van der Waals surface area contributed by atoms with E-state index in [9.17, 15) is 15.0 Å². The Hall–Kier alpha value is -2.21. The second-order valence-corrected chi connectivity index (χ2v) is 3.94. The third-order valence-electron chi connectivity index (χ3n) is 2.61. The van der Waals surface area contributed by atoms with Crippen molar-refractivity contribution in [2.75, 3.05) is 30.9 Å². The van der Waals surface area contributed by atoms with Crippen LogP contribution in [0.15, 0.2) is 36.7 Å². The molecule has 3 N–H and O–H groups in total. The maximum Gasteiger partial charge on any atom is 0.336 e. The minimum absolute atomic E-state index is 0.0539. The van der Waals surface area contributed by atoms with Crippen LogP contribution in [0.25, 0.3) is 0 Å².